The highest BCUT2D eigenvalue weighted by molar-refractivity contribution is 5.87. The number of nitrogens with one attached hydrogen (secondary N) is 1. The van der Waals surface area contributed by atoms with Gasteiger partial charge in [0.15, 0.2) is 0 Å². The Bertz CT molecular complexity index is 773. The van der Waals surface area contributed by atoms with Gasteiger partial charge in [0, 0.05) is 0 Å². The lowest BCUT2D eigenvalue weighted by molar-refractivity contribution is 0.0697. The van der Waals surface area contributed by atoms with Gasteiger partial charge < -0.3 is 10.1 Å². The van der Waals surface area contributed by atoms with E-state index in [0.717, 1.165) is 28.8 Å². The van der Waals surface area contributed by atoms with Gasteiger partial charge in [-0.2, -0.15) is 0 Å². The largest absolute Gasteiger partial charge is 0.478 e. The van der Waals surface area contributed by atoms with Crippen LogP contribution in [0.5, 0.6) is 0 Å². The molecule has 1 heterocycles. The summed E-state index contributed by atoms with van der Waals surface area (Å²) in [5.74, 6) is 0.00821. The van der Waals surface area contributed by atoms with E-state index < -0.39 is 5.97 Å². The zero-order valence-electron chi connectivity index (χ0n) is 11.1. The van der Waals surface area contributed by atoms with E-state index in [0.29, 0.717) is 5.56 Å². The monoisotopic (exact) mass is 266 g/mol. The number of hydrogen-bond donors (Lipinski definition) is 2. The molecule has 0 spiro atoms. The quantitative estimate of drug-likeness (QED) is 0.765. The average molecular weight is 266 g/mol. The third-order valence-corrected chi connectivity index (χ3v) is 3.27. The summed E-state index contributed by atoms with van der Waals surface area (Å²) in [5, 5.41) is 8.88. The van der Waals surface area contributed by atoms with E-state index in [1.165, 1.54) is 5.56 Å². The predicted octanol–water partition coefficient (Wildman–Crippen LogP) is 3.16. The predicted molar refractivity (Wildman–Crippen MR) is 77.0 cm³/mol. The van der Waals surface area contributed by atoms with Crippen molar-refractivity contribution in [1.82, 2.24) is 9.97 Å². The number of aromatic nitrogens is 2. The third-order valence-electron chi connectivity index (χ3n) is 3.27. The topological polar surface area (TPSA) is 66.0 Å². The second-order valence-corrected chi connectivity index (χ2v) is 4.85. The summed E-state index contributed by atoms with van der Waals surface area (Å²) in [5.41, 5.74) is 4.57. The third kappa shape index (κ3) is 2.40. The molecule has 3 rings (SSSR count). The smallest absolute Gasteiger partial charge is 0.335 e. The van der Waals surface area contributed by atoms with Crippen molar-refractivity contribution in [3.8, 4) is 0 Å². The van der Waals surface area contributed by atoms with E-state index in [9.17, 15) is 4.79 Å². The summed E-state index contributed by atoms with van der Waals surface area (Å²) in [6, 6.07) is 13.1. The Kier molecular flexibility index (Phi) is 2.99. The molecule has 20 heavy (non-hydrogen) atoms. The average Bonchev–Trinajstić information content (AvgIpc) is 2.78. The maximum atomic E-state index is 10.8. The molecule has 4 heteroatoms. The minimum Gasteiger partial charge on any atom is -0.478 e. The van der Waals surface area contributed by atoms with Crippen LogP contribution in [0.15, 0.2) is 42.5 Å². The lowest BCUT2D eigenvalue weighted by Crippen LogP contribution is -1.96. The lowest BCUT2D eigenvalue weighted by Gasteiger charge is -2.03. The zero-order chi connectivity index (χ0) is 14.1. The highest BCUT2D eigenvalue weighted by atomic mass is 16.4. The number of H-pyrrole nitrogens is 1. The van der Waals surface area contributed by atoms with E-state index in [1.54, 1.807) is 12.1 Å². The number of carbonyl (C=O) groups is 1. The maximum absolute atomic E-state index is 10.8. The van der Waals surface area contributed by atoms with Gasteiger partial charge >= 0.3 is 5.97 Å². The van der Waals surface area contributed by atoms with Crippen LogP contribution in [0.4, 0.5) is 0 Å². The molecular formula is C16H14N2O2. The van der Waals surface area contributed by atoms with E-state index in [4.69, 9.17) is 5.11 Å². The zero-order valence-corrected chi connectivity index (χ0v) is 11.1. The molecule has 0 bridgehead atoms. The van der Waals surface area contributed by atoms with Gasteiger partial charge in [-0.05, 0) is 48.7 Å². The fourth-order valence-electron chi connectivity index (χ4n) is 2.30. The van der Waals surface area contributed by atoms with Gasteiger partial charge in [0.2, 0.25) is 0 Å². The highest BCUT2D eigenvalue weighted by Crippen LogP contribution is 2.17. The van der Waals surface area contributed by atoms with Crippen LogP contribution in [-0.4, -0.2) is 21.0 Å². The maximum Gasteiger partial charge on any atom is 0.335 e. The number of aromatic carboxylic acids is 1. The van der Waals surface area contributed by atoms with Gasteiger partial charge in [0.25, 0.3) is 0 Å². The minimum atomic E-state index is -0.897. The Labute approximate surface area is 116 Å². The number of carboxylic acids is 1. The Morgan fingerprint density at radius 2 is 1.85 bits per heavy atom. The number of imidazole rings is 1. The Morgan fingerprint density at radius 1 is 1.15 bits per heavy atom. The van der Waals surface area contributed by atoms with Crippen LogP contribution in [0.2, 0.25) is 0 Å². The summed E-state index contributed by atoms with van der Waals surface area (Å²) < 4.78 is 0. The van der Waals surface area contributed by atoms with Gasteiger partial charge in [0.1, 0.15) is 5.82 Å². The van der Waals surface area contributed by atoms with Crippen LogP contribution in [-0.2, 0) is 6.42 Å². The summed E-state index contributed by atoms with van der Waals surface area (Å²) in [7, 11) is 0. The Morgan fingerprint density at radius 3 is 2.55 bits per heavy atom. The van der Waals surface area contributed by atoms with Crippen molar-refractivity contribution >= 4 is 17.0 Å². The van der Waals surface area contributed by atoms with Crippen LogP contribution in [0, 0.1) is 6.92 Å². The fourth-order valence-corrected chi connectivity index (χ4v) is 2.30. The number of fused-ring (bicyclic) bond motifs is 1. The molecule has 2 aromatic carbocycles. The molecular weight excluding hydrogens is 252 g/mol. The number of hydrogen-bond acceptors (Lipinski definition) is 2. The molecule has 100 valence electrons. The molecule has 0 aliphatic carbocycles. The van der Waals surface area contributed by atoms with E-state index in [-0.39, 0.29) is 0 Å². The molecule has 0 saturated heterocycles. The number of rotatable bonds is 3. The molecule has 0 aliphatic heterocycles. The lowest BCUT2D eigenvalue weighted by atomic mass is 10.0. The van der Waals surface area contributed by atoms with Gasteiger partial charge in [0.05, 0.1) is 16.6 Å². The van der Waals surface area contributed by atoms with Gasteiger partial charge in [-0.3, -0.25) is 0 Å². The van der Waals surface area contributed by atoms with E-state index >= 15 is 0 Å². The molecule has 0 fully saturated rings. The Balaban J connectivity index is 1.86. The van der Waals surface area contributed by atoms with Crippen molar-refractivity contribution in [2.75, 3.05) is 0 Å². The first-order valence-electron chi connectivity index (χ1n) is 6.39. The number of benzene rings is 2. The summed E-state index contributed by atoms with van der Waals surface area (Å²) in [6.45, 7) is 1.93. The molecule has 2 N–H and O–H groups in total. The number of nitrogens with zero attached hydrogens (tertiary/aromatic N) is 1. The van der Waals surface area contributed by atoms with E-state index in [1.807, 2.05) is 31.2 Å². The van der Waals surface area contributed by atoms with Crippen molar-refractivity contribution in [2.45, 2.75) is 13.3 Å². The summed E-state index contributed by atoms with van der Waals surface area (Å²) >= 11 is 0. The number of carboxylic acid groups (broad SMARTS) is 1. The van der Waals surface area contributed by atoms with Crippen molar-refractivity contribution in [3.05, 3.63) is 65.0 Å². The van der Waals surface area contributed by atoms with Crippen LogP contribution < -0.4 is 0 Å². The molecule has 0 aliphatic rings. The van der Waals surface area contributed by atoms with Gasteiger partial charge in [-0.1, -0.05) is 18.2 Å². The second-order valence-electron chi connectivity index (χ2n) is 4.85. The van der Waals surface area contributed by atoms with Crippen molar-refractivity contribution < 1.29 is 9.90 Å². The second kappa shape index (κ2) is 4.81. The molecule has 0 radical (unpaired) electrons. The first-order valence-corrected chi connectivity index (χ1v) is 6.39. The van der Waals surface area contributed by atoms with Crippen LogP contribution in [0.1, 0.15) is 27.3 Å². The van der Waals surface area contributed by atoms with Crippen LogP contribution >= 0.6 is 0 Å². The molecule has 0 saturated carbocycles. The molecule has 3 aromatic rings. The molecule has 0 amide bonds. The summed E-state index contributed by atoms with van der Waals surface area (Å²) in [4.78, 5) is 18.4. The SMILES string of the molecule is Cc1nc2ccc(Cc3ccc(C(=O)O)cc3)cc2[nH]1. The first-order chi connectivity index (χ1) is 9.61. The molecule has 0 unspecified atom stereocenters. The van der Waals surface area contributed by atoms with Crippen molar-refractivity contribution in [2.24, 2.45) is 0 Å². The van der Waals surface area contributed by atoms with Crippen LogP contribution in [0.25, 0.3) is 11.0 Å². The normalized spacial score (nSPS) is 10.8. The van der Waals surface area contributed by atoms with E-state index in [2.05, 4.69) is 16.0 Å². The number of aromatic amines is 1. The molecule has 0 atom stereocenters. The fraction of sp³-hybridized carbons (Fsp3) is 0.125. The van der Waals surface area contributed by atoms with Gasteiger partial charge in [-0.25, -0.2) is 9.78 Å². The number of aryl methyl sites for hydroxylation is 1. The molecule has 1 aromatic heterocycles. The summed E-state index contributed by atoms with van der Waals surface area (Å²) in [6.07, 6.45) is 0.772. The highest BCUT2D eigenvalue weighted by Gasteiger charge is 2.04. The minimum absolute atomic E-state index is 0.313. The molecule has 4 nitrogen and oxygen atoms in total. The van der Waals surface area contributed by atoms with Crippen molar-refractivity contribution in [1.29, 1.82) is 0 Å². The first kappa shape index (κ1) is 12.4. The standard InChI is InChI=1S/C16H14N2O2/c1-10-17-14-7-4-12(9-15(14)18-10)8-11-2-5-13(6-3-11)16(19)20/h2-7,9H,8H2,1H3,(H,17,18)(H,19,20). The van der Waals surface area contributed by atoms with Crippen LogP contribution in [0.3, 0.4) is 0 Å². The Hall–Kier alpha value is -2.62. The van der Waals surface area contributed by atoms with Gasteiger partial charge in [-0.15, -0.1) is 0 Å². The van der Waals surface area contributed by atoms with Crippen molar-refractivity contribution in [3.63, 3.8) is 0 Å².